The molecule has 1 aromatic heterocycles. The molecule has 5 heteroatoms. The lowest BCUT2D eigenvalue weighted by molar-refractivity contribution is 1.08. The second-order valence-corrected chi connectivity index (χ2v) is 4.43. The van der Waals surface area contributed by atoms with Gasteiger partial charge < -0.3 is 10.7 Å². The van der Waals surface area contributed by atoms with Gasteiger partial charge in [-0.05, 0) is 24.6 Å². The van der Waals surface area contributed by atoms with E-state index in [1.54, 1.807) is 6.07 Å². The Labute approximate surface area is 104 Å². The molecule has 3 nitrogen and oxygen atoms in total. The summed E-state index contributed by atoms with van der Waals surface area (Å²) in [4.78, 5) is 7.17. The van der Waals surface area contributed by atoms with Crippen molar-refractivity contribution in [2.45, 2.75) is 13.3 Å². The normalized spacial score (nSPS) is 10.7. The minimum Gasteiger partial charge on any atom is -0.369 e. The number of aromatic nitrogens is 2. The smallest absolute Gasteiger partial charge is 0.197 e. The first-order valence-corrected chi connectivity index (χ1v) is 5.56. The zero-order valence-corrected chi connectivity index (χ0v) is 10.2. The van der Waals surface area contributed by atoms with Crippen LogP contribution in [0.3, 0.4) is 0 Å². The Morgan fingerprint density at radius 1 is 1.31 bits per heavy atom. The predicted octanol–water partition coefficient (Wildman–Crippen LogP) is 3.20. The molecular formula is C11H11Cl2N3. The molecule has 0 bridgehead atoms. The second-order valence-electron chi connectivity index (χ2n) is 3.62. The number of nitrogens with one attached hydrogen (secondary N) is 1. The van der Waals surface area contributed by atoms with Gasteiger partial charge in [-0.3, -0.25) is 0 Å². The van der Waals surface area contributed by atoms with Crippen molar-refractivity contribution < 1.29 is 0 Å². The summed E-state index contributed by atoms with van der Waals surface area (Å²) in [6.07, 6.45) is 0.691. The fourth-order valence-corrected chi connectivity index (χ4v) is 1.86. The highest BCUT2D eigenvalue weighted by molar-refractivity contribution is 6.42. The van der Waals surface area contributed by atoms with Crippen LogP contribution in [0.1, 0.15) is 17.0 Å². The average Bonchev–Trinajstić information content (AvgIpc) is 2.51. The fraction of sp³-hybridized carbons (Fsp3) is 0.182. The van der Waals surface area contributed by atoms with Crippen LogP contribution in [0.4, 0.5) is 5.95 Å². The van der Waals surface area contributed by atoms with E-state index < -0.39 is 0 Å². The van der Waals surface area contributed by atoms with Gasteiger partial charge in [0.25, 0.3) is 0 Å². The van der Waals surface area contributed by atoms with Crippen molar-refractivity contribution in [1.29, 1.82) is 0 Å². The maximum atomic E-state index is 5.94. The van der Waals surface area contributed by atoms with Crippen molar-refractivity contribution in [2.24, 2.45) is 0 Å². The third-order valence-electron chi connectivity index (χ3n) is 2.36. The molecule has 0 amide bonds. The lowest BCUT2D eigenvalue weighted by Crippen LogP contribution is -1.92. The summed E-state index contributed by atoms with van der Waals surface area (Å²) in [5.41, 5.74) is 8.53. The molecule has 1 aromatic carbocycles. The van der Waals surface area contributed by atoms with Crippen molar-refractivity contribution in [3.05, 3.63) is 45.2 Å². The third-order valence-corrected chi connectivity index (χ3v) is 3.10. The number of rotatable bonds is 2. The Kier molecular flexibility index (Phi) is 3.08. The number of H-pyrrole nitrogens is 1. The lowest BCUT2D eigenvalue weighted by atomic mass is 10.1. The molecule has 2 rings (SSSR count). The molecule has 0 fully saturated rings. The Hall–Kier alpha value is -1.19. The van der Waals surface area contributed by atoms with Crippen molar-refractivity contribution >= 4 is 29.2 Å². The maximum Gasteiger partial charge on any atom is 0.197 e. The second kappa shape index (κ2) is 4.36. The van der Waals surface area contributed by atoms with Crippen LogP contribution in [-0.4, -0.2) is 9.97 Å². The van der Waals surface area contributed by atoms with Crippen LogP contribution < -0.4 is 5.73 Å². The molecule has 1 heterocycles. The van der Waals surface area contributed by atoms with Crippen molar-refractivity contribution in [3.8, 4) is 0 Å². The van der Waals surface area contributed by atoms with E-state index in [1.165, 1.54) is 0 Å². The van der Waals surface area contributed by atoms with Crippen molar-refractivity contribution in [3.63, 3.8) is 0 Å². The number of aryl methyl sites for hydroxylation is 1. The number of halogens is 2. The van der Waals surface area contributed by atoms with Crippen LogP contribution in [0.15, 0.2) is 18.2 Å². The number of benzene rings is 1. The molecule has 0 atom stereocenters. The van der Waals surface area contributed by atoms with Crippen molar-refractivity contribution in [1.82, 2.24) is 9.97 Å². The zero-order valence-electron chi connectivity index (χ0n) is 8.72. The topological polar surface area (TPSA) is 54.7 Å². The molecule has 84 valence electrons. The van der Waals surface area contributed by atoms with Crippen LogP contribution in [0, 0.1) is 6.92 Å². The molecule has 16 heavy (non-hydrogen) atoms. The Balaban J connectivity index is 2.27. The van der Waals surface area contributed by atoms with Gasteiger partial charge in [-0.2, -0.15) is 0 Å². The highest BCUT2D eigenvalue weighted by Gasteiger charge is 2.06. The first-order valence-electron chi connectivity index (χ1n) is 4.81. The van der Waals surface area contributed by atoms with Crippen LogP contribution >= 0.6 is 23.2 Å². The highest BCUT2D eigenvalue weighted by Crippen LogP contribution is 2.24. The third kappa shape index (κ3) is 2.31. The Bertz CT molecular complexity index is 520. The van der Waals surface area contributed by atoms with Crippen LogP contribution in [0.5, 0.6) is 0 Å². The van der Waals surface area contributed by atoms with Gasteiger partial charge in [0.1, 0.15) is 0 Å². The predicted molar refractivity (Wildman–Crippen MR) is 67.0 cm³/mol. The SMILES string of the molecule is Cc1[nH]c(N)nc1Cc1ccc(Cl)c(Cl)c1. The number of imidazole rings is 1. The molecular weight excluding hydrogens is 245 g/mol. The van der Waals surface area contributed by atoms with E-state index in [-0.39, 0.29) is 0 Å². The molecule has 0 saturated carbocycles. The first kappa shape index (κ1) is 11.3. The number of anilines is 1. The van der Waals surface area contributed by atoms with E-state index >= 15 is 0 Å². The van der Waals surface area contributed by atoms with Gasteiger partial charge in [-0.15, -0.1) is 0 Å². The van der Waals surface area contributed by atoms with E-state index in [1.807, 2.05) is 19.1 Å². The first-order chi connectivity index (χ1) is 7.56. The largest absolute Gasteiger partial charge is 0.369 e. The minimum absolute atomic E-state index is 0.438. The molecule has 0 aliphatic rings. The van der Waals surface area contributed by atoms with Gasteiger partial charge in [-0.25, -0.2) is 4.98 Å². The number of hydrogen-bond donors (Lipinski definition) is 2. The van der Waals surface area contributed by atoms with E-state index in [4.69, 9.17) is 28.9 Å². The quantitative estimate of drug-likeness (QED) is 0.866. The van der Waals surface area contributed by atoms with Gasteiger partial charge in [0.2, 0.25) is 0 Å². The van der Waals surface area contributed by atoms with Crippen LogP contribution in [0.2, 0.25) is 10.0 Å². The summed E-state index contributed by atoms with van der Waals surface area (Å²) >= 11 is 11.8. The Morgan fingerprint density at radius 2 is 2.06 bits per heavy atom. The fourth-order valence-electron chi connectivity index (χ4n) is 1.54. The van der Waals surface area contributed by atoms with Gasteiger partial charge in [0.15, 0.2) is 5.95 Å². The standard InChI is InChI=1S/C11H11Cl2N3/c1-6-10(16-11(14)15-6)5-7-2-3-8(12)9(13)4-7/h2-4H,5H2,1H3,(H3,14,15,16). The molecule has 0 unspecified atom stereocenters. The summed E-state index contributed by atoms with van der Waals surface area (Å²) in [6, 6.07) is 5.55. The van der Waals surface area contributed by atoms with Gasteiger partial charge in [-0.1, -0.05) is 29.3 Å². The van der Waals surface area contributed by atoms with Crippen LogP contribution in [0.25, 0.3) is 0 Å². The number of hydrogen-bond acceptors (Lipinski definition) is 2. The molecule has 0 aliphatic carbocycles. The number of nitrogen functional groups attached to an aromatic ring is 1. The average molecular weight is 256 g/mol. The Morgan fingerprint density at radius 3 is 2.62 bits per heavy atom. The van der Waals surface area contributed by atoms with E-state index in [2.05, 4.69) is 9.97 Å². The molecule has 3 N–H and O–H groups in total. The van der Waals surface area contributed by atoms with E-state index in [0.29, 0.717) is 22.4 Å². The molecule has 0 aliphatic heterocycles. The lowest BCUT2D eigenvalue weighted by Gasteiger charge is -2.01. The summed E-state index contributed by atoms with van der Waals surface area (Å²) in [6.45, 7) is 1.94. The van der Waals surface area contributed by atoms with E-state index in [0.717, 1.165) is 17.0 Å². The molecule has 0 saturated heterocycles. The minimum atomic E-state index is 0.438. The zero-order chi connectivity index (χ0) is 11.7. The van der Waals surface area contributed by atoms with Gasteiger partial charge in [0, 0.05) is 12.1 Å². The van der Waals surface area contributed by atoms with Gasteiger partial charge >= 0.3 is 0 Å². The molecule has 0 spiro atoms. The molecule has 0 radical (unpaired) electrons. The summed E-state index contributed by atoms with van der Waals surface area (Å²) in [5, 5.41) is 1.11. The summed E-state index contributed by atoms with van der Waals surface area (Å²) < 4.78 is 0. The summed E-state index contributed by atoms with van der Waals surface area (Å²) in [7, 11) is 0. The molecule has 2 aromatic rings. The summed E-state index contributed by atoms with van der Waals surface area (Å²) in [5.74, 6) is 0.438. The van der Waals surface area contributed by atoms with Crippen LogP contribution in [-0.2, 0) is 6.42 Å². The number of aromatic amines is 1. The maximum absolute atomic E-state index is 5.94. The highest BCUT2D eigenvalue weighted by atomic mass is 35.5. The van der Waals surface area contributed by atoms with Crippen molar-refractivity contribution in [2.75, 3.05) is 5.73 Å². The van der Waals surface area contributed by atoms with Gasteiger partial charge in [0.05, 0.1) is 15.7 Å². The number of nitrogens with two attached hydrogens (primary N) is 1. The monoisotopic (exact) mass is 255 g/mol. The van der Waals surface area contributed by atoms with E-state index in [9.17, 15) is 0 Å². The number of nitrogens with zero attached hydrogens (tertiary/aromatic N) is 1.